The zero-order chi connectivity index (χ0) is 27.1. The van der Waals surface area contributed by atoms with E-state index >= 15 is 0 Å². The second kappa shape index (κ2) is 12.1. The molecule has 0 radical (unpaired) electrons. The molecular formula is C24H41NO8S. The van der Waals surface area contributed by atoms with Crippen molar-refractivity contribution >= 4 is 22.1 Å². The van der Waals surface area contributed by atoms with Crippen LogP contribution in [0.2, 0.25) is 0 Å². The van der Waals surface area contributed by atoms with E-state index in [2.05, 4.69) is 5.32 Å². The van der Waals surface area contributed by atoms with Crippen LogP contribution in [0.4, 0.5) is 0 Å². The third-order valence-corrected chi connectivity index (χ3v) is 4.08. The molecule has 0 aliphatic rings. The molecule has 34 heavy (non-hydrogen) atoms. The van der Waals surface area contributed by atoms with Gasteiger partial charge in [-0.05, 0) is 80.0 Å². The van der Waals surface area contributed by atoms with Gasteiger partial charge in [-0.15, -0.1) is 0 Å². The van der Waals surface area contributed by atoms with E-state index in [1.807, 2.05) is 20.8 Å². The number of rotatable bonds is 6. The number of esters is 2. The van der Waals surface area contributed by atoms with Crippen molar-refractivity contribution < 1.29 is 37.1 Å². The highest BCUT2D eigenvalue weighted by Crippen LogP contribution is 2.28. The Hall–Kier alpha value is -2.01. The van der Waals surface area contributed by atoms with Gasteiger partial charge in [0.05, 0.1) is 23.2 Å². The molecule has 0 aromatic heterocycles. The molecule has 0 spiro atoms. The van der Waals surface area contributed by atoms with Crippen molar-refractivity contribution in [2.24, 2.45) is 10.8 Å². The Morgan fingerprint density at radius 1 is 0.971 bits per heavy atom. The maximum atomic E-state index is 12.3. The Morgan fingerprint density at radius 2 is 1.44 bits per heavy atom. The van der Waals surface area contributed by atoms with E-state index in [9.17, 15) is 23.1 Å². The minimum atomic E-state index is -3.67. The van der Waals surface area contributed by atoms with Crippen LogP contribution in [0.15, 0.2) is 18.2 Å². The summed E-state index contributed by atoms with van der Waals surface area (Å²) in [4.78, 5) is 24.5. The maximum Gasteiger partial charge on any atom is 0.316 e. The quantitative estimate of drug-likeness (QED) is 0.301. The molecule has 1 unspecified atom stereocenters. The summed E-state index contributed by atoms with van der Waals surface area (Å²) in [5, 5.41) is 13.8. The van der Waals surface area contributed by atoms with Gasteiger partial charge in [-0.25, -0.2) is 0 Å². The maximum absolute atomic E-state index is 12.3. The molecule has 0 saturated heterocycles. The minimum Gasteiger partial charge on any atom is -0.460 e. The van der Waals surface area contributed by atoms with E-state index in [0.717, 1.165) is 0 Å². The summed E-state index contributed by atoms with van der Waals surface area (Å²) >= 11 is 0. The molecule has 0 heterocycles. The van der Waals surface area contributed by atoms with Crippen molar-refractivity contribution in [1.82, 2.24) is 5.32 Å². The largest absolute Gasteiger partial charge is 0.460 e. The lowest BCUT2D eigenvalue weighted by molar-refractivity contribution is -0.154. The molecule has 196 valence electrons. The van der Waals surface area contributed by atoms with Crippen molar-refractivity contribution in [3.05, 3.63) is 29.3 Å². The lowest BCUT2D eigenvalue weighted by atomic mass is 9.97. The molecule has 10 heteroatoms. The fourth-order valence-electron chi connectivity index (χ4n) is 2.15. The predicted molar refractivity (Wildman–Crippen MR) is 131 cm³/mol. The van der Waals surface area contributed by atoms with Crippen molar-refractivity contribution in [3.63, 3.8) is 0 Å². The monoisotopic (exact) mass is 503 g/mol. The molecule has 0 aliphatic carbocycles. The van der Waals surface area contributed by atoms with Crippen molar-refractivity contribution in [2.45, 2.75) is 80.6 Å². The van der Waals surface area contributed by atoms with Gasteiger partial charge in [0.25, 0.3) is 10.1 Å². The van der Waals surface area contributed by atoms with Crippen LogP contribution in [0.25, 0.3) is 0 Å². The molecule has 3 N–H and O–H groups in total. The first kappa shape index (κ1) is 32.0. The zero-order valence-electron chi connectivity index (χ0n) is 22.0. The first-order chi connectivity index (χ1) is 15.0. The van der Waals surface area contributed by atoms with Crippen LogP contribution in [0.3, 0.4) is 0 Å². The molecule has 9 nitrogen and oxygen atoms in total. The highest BCUT2D eigenvalue weighted by Gasteiger charge is 2.27. The van der Waals surface area contributed by atoms with Crippen molar-refractivity contribution in [2.75, 3.05) is 12.8 Å². The van der Waals surface area contributed by atoms with Gasteiger partial charge in [-0.3, -0.25) is 14.1 Å². The number of β-amino-alcohol motifs (C(OH)–C–C–N with tert-alkyl or cyclic N) is 1. The second-order valence-corrected chi connectivity index (χ2v) is 12.7. The Bertz CT molecular complexity index is 927. The lowest BCUT2D eigenvalue weighted by Crippen LogP contribution is -2.38. The molecule has 0 fully saturated rings. The van der Waals surface area contributed by atoms with Crippen LogP contribution in [-0.4, -0.2) is 48.4 Å². The van der Waals surface area contributed by atoms with Crippen LogP contribution in [0.5, 0.6) is 5.75 Å². The zero-order valence-corrected chi connectivity index (χ0v) is 22.8. The van der Waals surface area contributed by atoms with E-state index in [1.54, 1.807) is 59.7 Å². The van der Waals surface area contributed by atoms with E-state index in [1.165, 1.54) is 0 Å². The van der Waals surface area contributed by atoms with Gasteiger partial charge in [0.2, 0.25) is 0 Å². The van der Waals surface area contributed by atoms with Gasteiger partial charge in [0, 0.05) is 17.6 Å². The van der Waals surface area contributed by atoms with Gasteiger partial charge in [0.15, 0.2) is 0 Å². The average Bonchev–Trinajstić information content (AvgIpc) is 2.61. The van der Waals surface area contributed by atoms with Crippen LogP contribution in [0.1, 0.15) is 79.5 Å². The number of hydrogen-bond donors (Lipinski definition) is 3. The topological polar surface area (TPSA) is 139 Å². The number of ether oxygens (including phenoxy) is 2. The summed E-state index contributed by atoms with van der Waals surface area (Å²) in [5.74, 6) is -0.416. The highest BCUT2D eigenvalue weighted by molar-refractivity contribution is 7.85. The molecule has 0 saturated carbocycles. The number of carbonyl (C=O) groups excluding carboxylic acids is 2. The summed E-state index contributed by atoms with van der Waals surface area (Å²) in [6.45, 7) is 17.0. The molecule has 1 aromatic carbocycles. The minimum absolute atomic E-state index is 0.0455. The normalized spacial score (nSPS) is 13.4. The van der Waals surface area contributed by atoms with Crippen LogP contribution >= 0.6 is 0 Å². The predicted octanol–water partition coefficient (Wildman–Crippen LogP) is 3.65. The van der Waals surface area contributed by atoms with E-state index in [0.29, 0.717) is 29.7 Å². The van der Waals surface area contributed by atoms with E-state index < -0.39 is 27.1 Å². The van der Waals surface area contributed by atoms with Gasteiger partial charge in [-0.1, -0.05) is 6.07 Å². The van der Waals surface area contributed by atoms with Gasteiger partial charge in [0.1, 0.15) is 12.4 Å². The van der Waals surface area contributed by atoms with Crippen LogP contribution in [0, 0.1) is 10.8 Å². The van der Waals surface area contributed by atoms with Crippen LogP contribution < -0.4 is 10.1 Å². The summed E-state index contributed by atoms with van der Waals surface area (Å²) in [7, 11) is -3.67. The van der Waals surface area contributed by atoms with E-state index in [4.69, 9.17) is 14.0 Å². The Kier molecular flexibility index (Phi) is 11.4. The highest BCUT2D eigenvalue weighted by atomic mass is 32.2. The first-order valence-corrected chi connectivity index (χ1v) is 12.7. The van der Waals surface area contributed by atoms with Gasteiger partial charge >= 0.3 is 11.9 Å². The Labute approximate surface area is 204 Å². The summed E-state index contributed by atoms with van der Waals surface area (Å²) in [6, 6.07) is 5.07. The molecule has 0 aliphatic heterocycles. The molecule has 1 atom stereocenters. The fraction of sp³-hybridized carbons (Fsp3) is 0.667. The molecule has 0 amide bonds. The summed E-state index contributed by atoms with van der Waals surface area (Å²) in [5.41, 5.74) is -0.259. The SMILES string of the molecule is CC(C)(C)NCC(O)c1ccc(OC(=O)C(C)(C)C)c(COC(=O)C(C)(C)C)c1.CS(=O)(=O)O. The van der Waals surface area contributed by atoms with Gasteiger partial charge < -0.3 is 19.9 Å². The summed E-state index contributed by atoms with van der Waals surface area (Å²) in [6.07, 6.45) is -0.0360. The lowest BCUT2D eigenvalue weighted by Gasteiger charge is -2.24. The molecule has 1 aromatic rings. The Morgan fingerprint density at radius 3 is 1.85 bits per heavy atom. The fourth-order valence-corrected chi connectivity index (χ4v) is 2.15. The first-order valence-electron chi connectivity index (χ1n) is 10.9. The van der Waals surface area contributed by atoms with Gasteiger partial charge in [-0.2, -0.15) is 8.42 Å². The average molecular weight is 504 g/mol. The number of hydrogen-bond acceptors (Lipinski definition) is 8. The summed E-state index contributed by atoms with van der Waals surface area (Å²) < 4.78 is 36.8. The second-order valence-electron chi connectivity index (χ2n) is 11.2. The van der Waals surface area contributed by atoms with Crippen LogP contribution in [-0.2, 0) is 31.1 Å². The molecular weight excluding hydrogens is 462 g/mol. The standard InChI is InChI=1S/C23H37NO5.CH4O3S/c1-21(2,3)19(26)28-14-16-12-15(17(25)13-24-23(7,8)9)10-11-18(16)29-20(27)22(4,5)6;1-5(2,3)4/h10-12,17,24-25H,13-14H2,1-9H3;1H3,(H,2,3,4). The molecule has 0 bridgehead atoms. The third kappa shape index (κ3) is 14.3. The number of nitrogens with one attached hydrogen (secondary N) is 1. The third-order valence-electron chi connectivity index (χ3n) is 4.08. The Balaban J connectivity index is 0.00000196. The number of aliphatic hydroxyl groups excluding tert-OH is 1. The van der Waals surface area contributed by atoms with Crippen molar-refractivity contribution in [1.29, 1.82) is 0 Å². The number of benzene rings is 1. The molecule has 1 rings (SSSR count). The van der Waals surface area contributed by atoms with E-state index in [-0.39, 0.29) is 24.1 Å². The van der Waals surface area contributed by atoms with Crippen molar-refractivity contribution in [3.8, 4) is 5.75 Å². The number of aliphatic hydroxyl groups is 1. The smallest absolute Gasteiger partial charge is 0.316 e. The number of carbonyl (C=O) groups is 2.